The van der Waals surface area contributed by atoms with Gasteiger partial charge in [-0.3, -0.25) is 0 Å². The summed E-state index contributed by atoms with van der Waals surface area (Å²) in [7, 11) is 1.68. The lowest BCUT2D eigenvalue weighted by atomic mass is 9.88. The molecule has 3 nitrogen and oxygen atoms in total. The third-order valence-electron chi connectivity index (χ3n) is 3.75. The van der Waals surface area contributed by atoms with Gasteiger partial charge < -0.3 is 15.2 Å². The van der Waals surface area contributed by atoms with Crippen LogP contribution >= 0.6 is 0 Å². The maximum atomic E-state index is 6.16. The molecule has 1 aliphatic rings. The normalized spacial score (nSPS) is 18.6. The Balaban J connectivity index is 2.46. The van der Waals surface area contributed by atoms with Crippen LogP contribution in [-0.4, -0.2) is 19.3 Å². The van der Waals surface area contributed by atoms with E-state index in [0.29, 0.717) is 0 Å². The molecule has 1 aromatic rings. The van der Waals surface area contributed by atoms with Crippen LogP contribution in [0.25, 0.3) is 0 Å². The van der Waals surface area contributed by atoms with Crippen LogP contribution in [0.1, 0.15) is 39.2 Å². The Labute approximate surface area is 109 Å². The topological polar surface area (TPSA) is 44.5 Å². The Bertz CT molecular complexity index is 423. The second-order valence-electron chi connectivity index (χ2n) is 5.45. The lowest BCUT2D eigenvalue weighted by Gasteiger charge is -2.25. The summed E-state index contributed by atoms with van der Waals surface area (Å²) in [6.45, 7) is 6.13. The number of methoxy groups -OCH3 is 1. The predicted octanol–water partition coefficient (Wildman–Crippen LogP) is 2.86. The van der Waals surface area contributed by atoms with Gasteiger partial charge >= 0.3 is 0 Å². The molecule has 2 N–H and O–H groups in total. The number of benzene rings is 1. The van der Waals surface area contributed by atoms with E-state index in [1.165, 1.54) is 5.56 Å². The molecule has 0 heterocycles. The number of ether oxygens (including phenoxy) is 2. The maximum absolute atomic E-state index is 6.16. The van der Waals surface area contributed by atoms with E-state index in [0.717, 1.165) is 24.3 Å². The van der Waals surface area contributed by atoms with Gasteiger partial charge in [-0.2, -0.15) is 0 Å². The minimum Gasteiger partial charge on any atom is -0.493 e. The first kappa shape index (κ1) is 13.2. The molecular formula is C15H23NO2. The van der Waals surface area contributed by atoms with Crippen LogP contribution in [0.5, 0.6) is 11.5 Å². The van der Waals surface area contributed by atoms with Crippen LogP contribution in [0.15, 0.2) is 18.2 Å². The highest BCUT2D eigenvalue weighted by Gasteiger charge is 2.49. The molecule has 3 heteroatoms. The summed E-state index contributed by atoms with van der Waals surface area (Å²) in [4.78, 5) is 0. The van der Waals surface area contributed by atoms with Crippen molar-refractivity contribution in [2.45, 2.75) is 51.2 Å². The molecule has 1 saturated carbocycles. The monoisotopic (exact) mass is 249 g/mol. The molecule has 0 saturated heterocycles. The molecule has 1 fully saturated rings. The molecule has 18 heavy (non-hydrogen) atoms. The third kappa shape index (κ3) is 2.19. The average molecular weight is 249 g/mol. The summed E-state index contributed by atoms with van der Waals surface area (Å²) in [5, 5.41) is 0. The maximum Gasteiger partial charge on any atom is 0.165 e. The number of para-hydroxylation sites is 1. The largest absolute Gasteiger partial charge is 0.493 e. The van der Waals surface area contributed by atoms with Crippen molar-refractivity contribution in [2.75, 3.05) is 7.11 Å². The van der Waals surface area contributed by atoms with Gasteiger partial charge in [0.25, 0.3) is 0 Å². The van der Waals surface area contributed by atoms with Crippen LogP contribution in [0.3, 0.4) is 0 Å². The smallest absolute Gasteiger partial charge is 0.165 e. The van der Waals surface area contributed by atoms with E-state index in [4.69, 9.17) is 15.2 Å². The molecule has 1 atom stereocenters. The van der Waals surface area contributed by atoms with Crippen molar-refractivity contribution in [3.63, 3.8) is 0 Å². The molecule has 100 valence electrons. The Morgan fingerprint density at radius 1 is 1.22 bits per heavy atom. The van der Waals surface area contributed by atoms with Crippen LogP contribution in [-0.2, 0) is 5.41 Å². The molecular weight excluding hydrogens is 226 g/mol. The number of hydrogen-bond acceptors (Lipinski definition) is 3. The number of hydrogen-bond donors (Lipinski definition) is 1. The SMILES string of the molecule is COc1cccc(C2(C(C)N)CC2)c1OC(C)C. The first-order valence-electron chi connectivity index (χ1n) is 6.61. The fourth-order valence-corrected chi connectivity index (χ4v) is 2.53. The molecule has 0 radical (unpaired) electrons. The van der Waals surface area contributed by atoms with Gasteiger partial charge in [-0.15, -0.1) is 0 Å². The summed E-state index contributed by atoms with van der Waals surface area (Å²) in [6.07, 6.45) is 2.39. The van der Waals surface area contributed by atoms with E-state index in [9.17, 15) is 0 Å². The summed E-state index contributed by atoms with van der Waals surface area (Å²) >= 11 is 0. The van der Waals surface area contributed by atoms with Gasteiger partial charge in [0.15, 0.2) is 11.5 Å². The lowest BCUT2D eigenvalue weighted by Crippen LogP contribution is -2.32. The van der Waals surface area contributed by atoms with Crippen molar-refractivity contribution in [3.05, 3.63) is 23.8 Å². The molecule has 0 bridgehead atoms. The quantitative estimate of drug-likeness (QED) is 0.872. The van der Waals surface area contributed by atoms with Crippen molar-refractivity contribution in [3.8, 4) is 11.5 Å². The number of rotatable bonds is 5. The Hall–Kier alpha value is -1.22. The summed E-state index contributed by atoms with van der Waals surface area (Å²) in [5.41, 5.74) is 7.44. The zero-order valence-electron chi connectivity index (χ0n) is 11.7. The molecule has 1 aromatic carbocycles. The summed E-state index contributed by atoms with van der Waals surface area (Å²) in [5.74, 6) is 1.66. The average Bonchev–Trinajstić information content (AvgIpc) is 3.09. The van der Waals surface area contributed by atoms with Gasteiger partial charge in [-0.1, -0.05) is 12.1 Å². The van der Waals surface area contributed by atoms with E-state index in [2.05, 4.69) is 13.0 Å². The second-order valence-corrected chi connectivity index (χ2v) is 5.45. The lowest BCUT2D eigenvalue weighted by molar-refractivity contribution is 0.225. The molecule has 2 rings (SSSR count). The zero-order chi connectivity index (χ0) is 13.3. The van der Waals surface area contributed by atoms with Crippen LogP contribution in [0, 0.1) is 0 Å². The second kappa shape index (κ2) is 4.81. The van der Waals surface area contributed by atoms with Gasteiger partial charge in [0.2, 0.25) is 0 Å². The van der Waals surface area contributed by atoms with Crippen molar-refractivity contribution in [1.82, 2.24) is 0 Å². The molecule has 0 aromatic heterocycles. The minimum absolute atomic E-state index is 0.0821. The van der Waals surface area contributed by atoms with E-state index in [1.54, 1.807) is 7.11 Å². The van der Waals surface area contributed by atoms with Gasteiger partial charge in [-0.25, -0.2) is 0 Å². The highest BCUT2D eigenvalue weighted by atomic mass is 16.5. The van der Waals surface area contributed by atoms with E-state index in [1.807, 2.05) is 26.0 Å². The fraction of sp³-hybridized carbons (Fsp3) is 0.600. The molecule has 0 amide bonds. The standard InChI is InChI=1S/C15H23NO2/c1-10(2)18-14-12(6-5-7-13(14)17-4)15(8-9-15)11(3)16/h5-7,10-11H,8-9,16H2,1-4H3. The minimum atomic E-state index is 0.0821. The van der Waals surface area contributed by atoms with Gasteiger partial charge in [0.05, 0.1) is 13.2 Å². The Kier molecular flexibility index (Phi) is 3.53. The van der Waals surface area contributed by atoms with Crippen molar-refractivity contribution in [2.24, 2.45) is 5.73 Å². The first-order chi connectivity index (χ1) is 8.51. The van der Waals surface area contributed by atoms with Gasteiger partial charge in [-0.05, 0) is 39.7 Å². The van der Waals surface area contributed by atoms with Crippen LogP contribution in [0.2, 0.25) is 0 Å². The van der Waals surface area contributed by atoms with E-state index < -0.39 is 0 Å². The molecule has 1 aliphatic carbocycles. The van der Waals surface area contributed by atoms with E-state index in [-0.39, 0.29) is 17.6 Å². The predicted molar refractivity (Wildman–Crippen MR) is 73.3 cm³/mol. The zero-order valence-corrected chi connectivity index (χ0v) is 11.7. The first-order valence-corrected chi connectivity index (χ1v) is 6.61. The fourth-order valence-electron chi connectivity index (χ4n) is 2.53. The van der Waals surface area contributed by atoms with Crippen molar-refractivity contribution >= 4 is 0 Å². The molecule has 0 aliphatic heterocycles. The molecule has 0 spiro atoms. The van der Waals surface area contributed by atoms with Gasteiger partial charge in [0, 0.05) is 17.0 Å². The summed E-state index contributed by atoms with van der Waals surface area (Å²) < 4.78 is 11.4. The highest BCUT2D eigenvalue weighted by Crippen LogP contribution is 2.55. The van der Waals surface area contributed by atoms with Crippen LogP contribution in [0.4, 0.5) is 0 Å². The van der Waals surface area contributed by atoms with Gasteiger partial charge in [0.1, 0.15) is 0 Å². The Morgan fingerprint density at radius 3 is 2.33 bits per heavy atom. The number of nitrogens with two attached hydrogens (primary N) is 1. The van der Waals surface area contributed by atoms with Crippen molar-refractivity contribution < 1.29 is 9.47 Å². The summed E-state index contributed by atoms with van der Waals surface area (Å²) in [6, 6.07) is 6.22. The highest BCUT2D eigenvalue weighted by molar-refractivity contribution is 5.53. The molecule has 1 unspecified atom stereocenters. The van der Waals surface area contributed by atoms with E-state index >= 15 is 0 Å². The third-order valence-corrected chi connectivity index (χ3v) is 3.75. The Morgan fingerprint density at radius 2 is 1.89 bits per heavy atom. The van der Waals surface area contributed by atoms with Crippen molar-refractivity contribution in [1.29, 1.82) is 0 Å². The van der Waals surface area contributed by atoms with Crippen LogP contribution < -0.4 is 15.2 Å².